The van der Waals surface area contributed by atoms with Gasteiger partial charge in [0.05, 0.1) is 13.7 Å². The lowest BCUT2D eigenvalue weighted by Gasteiger charge is -2.08. The lowest BCUT2D eigenvalue weighted by molar-refractivity contribution is -0.141. The molecule has 0 spiro atoms. The molecule has 0 radical (unpaired) electrons. The van der Waals surface area contributed by atoms with E-state index in [1.165, 1.54) is 0 Å². The number of carbonyl (C=O) groups excluding carboxylic acids is 1. The molecule has 0 unspecified atom stereocenters. The minimum absolute atomic E-state index is 0.0627. The largest absolute Gasteiger partial charge is 0.464 e. The maximum atomic E-state index is 12.7. The van der Waals surface area contributed by atoms with E-state index in [2.05, 4.69) is 9.84 Å². The number of benzene rings is 1. The molecule has 1 heterocycles. The first kappa shape index (κ1) is 15.1. The first-order valence-corrected chi connectivity index (χ1v) is 6.11. The van der Waals surface area contributed by atoms with Crippen molar-refractivity contribution in [2.75, 3.05) is 7.11 Å². The predicted octanol–water partition coefficient (Wildman–Crippen LogP) is 3.05. The van der Waals surface area contributed by atoms with E-state index in [4.69, 9.17) is 0 Å². The zero-order chi connectivity index (χ0) is 15.6. The van der Waals surface area contributed by atoms with Crippen molar-refractivity contribution in [2.45, 2.75) is 19.6 Å². The number of rotatable bonds is 3. The van der Waals surface area contributed by atoms with Crippen LogP contribution in [0.2, 0.25) is 0 Å². The smallest absolute Gasteiger partial charge is 0.435 e. The van der Waals surface area contributed by atoms with E-state index in [-0.39, 0.29) is 12.2 Å². The Morgan fingerprint density at radius 1 is 1.33 bits per heavy atom. The summed E-state index contributed by atoms with van der Waals surface area (Å²) in [6.07, 6.45) is -4.61. The fourth-order valence-corrected chi connectivity index (χ4v) is 1.89. The molecule has 0 aliphatic heterocycles. The molecule has 0 aliphatic rings. The Balaban J connectivity index is 2.44. The topological polar surface area (TPSA) is 44.1 Å². The average Bonchev–Trinajstić information content (AvgIpc) is 2.84. The molecule has 4 nitrogen and oxygen atoms in total. The first-order chi connectivity index (χ1) is 9.82. The van der Waals surface area contributed by atoms with Gasteiger partial charge < -0.3 is 4.74 Å². The van der Waals surface area contributed by atoms with Crippen molar-refractivity contribution in [3.63, 3.8) is 0 Å². The summed E-state index contributed by atoms with van der Waals surface area (Å²) in [5.41, 5.74) is 0.335. The summed E-state index contributed by atoms with van der Waals surface area (Å²) in [5, 5.41) is 3.48. The van der Waals surface area contributed by atoms with Crippen LogP contribution < -0.4 is 0 Å². The molecular weight excluding hydrogens is 285 g/mol. The van der Waals surface area contributed by atoms with Crippen LogP contribution in [0.15, 0.2) is 30.3 Å². The number of methoxy groups -OCH3 is 1. The molecule has 21 heavy (non-hydrogen) atoms. The van der Waals surface area contributed by atoms with Gasteiger partial charge in [-0.25, -0.2) is 4.79 Å². The molecule has 0 aliphatic carbocycles. The summed E-state index contributed by atoms with van der Waals surface area (Å²) in [6, 6.07) is 7.90. The second-order valence-electron chi connectivity index (χ2n) is 4.49. The average molecular weight is 298 g/mol. The van der Waals surface area contributed by atoms with E-state index < -0.39 is 17.8 Å². The number of hydrogen-bond donors (Lipinski definition) is 0. The van der Waals surface area contributed by atoms with Gasteiger partial charge in [-0.05, 0) is 18.1 Å². The van der Waals surface area contributed by atoms with Gasteiger partial charge in [-0.1, -0.05) is 24.3 Å². The number of hydrogen-bond acceptors (Lipinski definition) is 3. The van der Waals surface area contributed by atoms with Gasteiger partial charge in [-0.15, -0.1) is 0 Å². The number of carbonyl (C=O) groups is 1. The lowest BCUT2D eigenvalue weighted by Crippen LogP contribution is -2.13. The number of ether oxygens (including phenoxy) is 1. The molecule has 2 rings (SSSR count). The van der Waals surface area contributed by atoms with Crippen LogP contribution >= 0.6 is 0 Å². The molecule has 0 saturated carbocycles. The Morgan fingerprint density at radius 3 is 2.57 bits per heavy atom. The van der Waals surface area contributed by atoms with Gasteiger partial charge in [0.25, 0.3) is 0 Å². The van der Waals surface area contributed by atoms with Gasteiger partial charge >= 0.3 is 12.1 Å². The van der Waals surface area contributed by atoms with Crippen LogP contribution in [0.25, 0.3) is 0 Å². The van der Waals surface area contributed by atoms with Crippen LogP contribution in [0.3, 0.4) is 0 Å². The molecular formula is C14H13F3N2O2. The highest BCUT2D eigenvalue weighted by molar-refractivity contribution is 5.87. The maximum absolute atomic E-state index is 12.7. The van der Waals surface area contributed by atoms with E-state index in [1.54, 1.807) is 12.1 Å². The fraction of sp³-hybridized carbons (Fsp3) is 0.286. The molecule has 112 valence electrons. The summed E-state index contributed by atoms with van der Waals surface area (Å²) in [6.45, 7) is 1.90. The molecule has 2 aromatic rings. The molecule has 0 atom stereocenters. The second-order valence-corrected chi connectivity index (χ2v) is 4.49. The minimum Gasteiger partial charge on any atom is -0.464 e. The zero-order valence-electron chi connectivity index (χ0n) is 11.4. The van der Waals surface area contributed by atoms with Crippen LogP contribution in [-0.2, 0) is 17.5 Å². The molecule has 0 saturated heterocycles. The van der Waals surface area contributed by atoms with E-state index in [0.717, 1.165) is 22.9 Å². The highest BCUT2D eigenvalue weighted by Gasteiger charge is 2.36. The molecule has 1 aromatic carbocycles. The Kier molecular flexibility index (Phi) is 4.02. The Labute approximate surface area is 119 Å². The Bertz CT molecular complexity index is 662. The number of alkyl halides is 3. The number of esters is 1. The van der Waals surface area contributed by atoms with Gasteiger partial charge in [0, 0.05) is 6.07 Å². The third-order valence-electron chi connectivity index (χ3n) is 3.05. The van der Waals surface area contributed by atoms with Crippen molar-refractivity contribution in [1.82, 2.24) is 9.78 Å². The van der Waals surface area contributed by atoms with E-state index in [1.807, 2.05) is 19.1 Å². The standard InChI is InChI=1S/C14H13F3N2O2/c1-9-5-3-4-6-10(9)8-19-11(13(20)21-2)7-12(18-19)14(15,16)17/h3-7H,8H2,1-2H3. The van der Waals surface area contributed by atoms with Gasteiger partial charge in [0.15, 0.2) is 5.69 Å². The molecule has 7 heteroatoms. The van der Waals surface area contributed by atoms with E-state index in [9.17, 15) is 18.0 Å². The highest BCUT2D eigenvalue weighted by atomic mass is 19.4. The summed E-state index contributed by atoms with van der Waals surface area (Å²) in [7, 11) is 1.11. The summed E-state index contributed by atoms with van der Waals surface area (Å²) < 4.78 is 43.7. The highest BCUT2D eigenvalue weighted by Crippen LogP contribution is 2.29. The Hall–Kier alpha value is -2.31. The summed E-state index contributed by atoms with van der Waals surface area (Å²) in [5.74, 6) is -0.855. The van der Waals surface area contributed by atoms with Crippen molar-refractivity contribution in [2.24, 2.45) is 0 Å². The quantitative estimate of drug-likeness (QED) is 0.818. The van der Waals surface area contributed by atoms with Gasteiger partial charge in [0.1, 0.15) is 5.69 Å². The normalized spacial score (nSPS) is 11.5. The van der Waals surface area contributed by atoms with Crippen LogP contribution in [0, 0.1) is 6.92 Å². The molecule has 0 bridgehead atoms. The van der Waals surface area contributed by atoms with E-state index >= 15 is 0 Å². The van der Waals surface area contributed by atoms with Crippen molar-refractivity contribution in [3.8, 4) is 0 Å². The number of nitrogens with zero attached hydrogens (tertiary/aromatic N) is 2. The molecule has 0 amide bonds. The first-order valence-electron chi connectivity index (χ1n) is 6.11. The van der Waals surface area contributed by atoms with Gasteiger partial charge in [-0.2, -0.15) is 18.3 Å². The zero-order valence-corrected chi connectivity index (χ0v) is 11.4. The third kappa shape index (κ3) is 3.24. The van der Waals surface area contributed by atoms with Crippen LogP contribution in [0.5, 0.6) is 0 Å². The number of aromatic nitrogens is 2. The molecule has 0 fully saturated rings. The number of halogens is 3. The molecule has 0 N–H and O–H groups in total. The van der Waals surface area contributed by atoms with Crippen LogP contribution in [0.4, 0.5) is 13.2 Å². The van der Waals surface area contributed by atoms with Crippen LogP contribution in [-0.4, -0.2) is 22.9 Å². The van der Waals surface area contributed by atoms with Gasteiger partial charge in [0.2, 0.25) is 0 Å². The van der Waals surface area contributed by atoms with Gasteiger partial charge in [-0.3, -0.25) is 4.68 Å². The Morgan fingerprint density at radius 2 is 2.00 bits per heavy atom. The predicted molar refractivity (Wildman–Crippen MR) is 68.8 cm³/mol. The second kappa shape index (κ2) is 5.59. The van der Waals surface area contributed by atoms with Crippen LogP contribution in [0.1, 0.15) is 27.3 Å². The van der Waals surface area contributed by atoms with Crippen molar-refractivity contribution < 1.29 is 22.7 Å². The van der Waals surface area contributed by atoms with Crippen molar-refractivity contribution in [3.05, 3.63) is 52.8 Å². The summed E-state index contributed by atoms with van der Waals surface area (Å²) >= 11 is 0. The van der Waals surface area contributed by atoms with Crippen molar-refractivity contribution >= 4 is 5.97 Å². The number of aryl methyl sites for hydroxylation is 1. The van der Waals surface area contributed by atoms with Crippen molar-refractivity contribution in [1.29, 1.82) is 0 Å². The van der Waals surface area contributed by atoms with E-state index in [0.29, 0.717) is 6.07 Å². The third-order valence-corrected chi connectivity index (χ3v) is 3.05. The monoisotopic (exact) mass is 298 g/mol. The SMILES string of the molecule is COC(=O)c1cc(C(F)(F)F)nn1Cc1ccccc1C. The summed E-state index contributed by atoms with van der Waals surface area (Å²) in [4.78, 5) is 11.6. The molecule has 1 aromatic heterocycles. The maximum Gasteiger partial charge on any atom is 0.435 e. The lowest BCUT2D eigenvalue weighted by atomic mass is 10.1. The minimum atomic E-state index is -4.61. The fourth-order valence-electron chi connectivity index (χ4n) is 1.89.